The quantitative estimate of drug-likeness (QED) is 0.868. The van der Waals surface area contributed by atoms with Crippen molar-refractivity contribution in [1.29, 1.82) is 0 Å². The minimum atomic E-state index is -4.42. The van der Waals surface area contributed by atoms with Crippen molar-refractivity contribution in [3.05, 3.63) is 28.2 Å². The van der Waals surface area contributed by atoms with E-state index in [0.29, 0.717) is 10.2 Å². The maximum absolute atomic E-state index is 12.3. The van der Waals surface area contributed by atoms with E-state index >= 15 is 0 Å². The Labute approximate surface area is 111 Å². The number of amides is 1. The molecule has 0 spiro atoms. The van der Waals surface area contributed by atoms with E-state index in [1.807, 2.05) is 0 Å². The van der Waals surface area contributed by atoms with Crippen LogP contribution in [0.25, 0.3) is 0 Å². The van der Waals surface area contributed by atoms with Crippen LogP contribution < -0.4 is 5.73 Å². The summed E-state index contributed by atoms with van der Waals surface area (Å²) >= 11 is 3.12. The van der Waals surface area contributed by atoms with Crippen molar-refractivity contribution in [2.45, 2.75) is 13.1 Å². The van der Waals surface area contributed by atoms with E-state index in [0.717, 1.165) is 4.90 Å². The maximum Gasteiger partial charge on any atom is 0.406 e. The number of halogens is 4. The van der Waals surface area contributed by atoms with Crippen LogP contribution in [-0.2, 0) is 0 Å². The molecule has 1 aromatic rings. The normalized spacial score (nSPS) is 11.4. The first-order valence-corrected chi connectivity index (χ1v) is 5.95. The number of carbonyl (C=O) groups excluding carboxylic acids is 1. The summed E-state index contributed by atoms with van der Waals surface area (Å²) in [5, 5.41) is 0. The van der Waals surface area contributed by atoms with Gasteiger partial charge in [-0.3, -0.25) is 4.79 Å². The number of benzene rings is 1. The van der Waals surface area contributed by atoms with Crippen LogP contribution in [0.2, 0.25) is 0 Å². The zero-order valence-corrected chi connectivity index (χ0v) is 11.2. The van der Waals surface area contributed by atoms with Gasteiger partial charge in [0.1, 0.15) is 6.54 Å². The number of anilines is 1. The lowest BCUT2D eigenvalue weighted by molar-refractivity contribution is -0.140. The number of carbonyl (C=O) groups is 1. The van der Waals surface area contributed by atoms with Crippen LogP contribution in [0.1, 0.15) is 17.3 Å². The van der Waals surface area contributed by atoms with Gasteiger partial charge in [-0.25, -0.2) is 0 Å². The largest absolute Gasteiger partial charge is 0.406 e. The molecule has 0 aliphatic carbocycles. The van der Waals surface area contributed by atoms with Gasteiger partial charge in [-0.1, -0.05) is 0 Å². The average molecular weight is 325 g/mol. The van der Waals surface area contributed by atoms with Crippen molar-refractivity contribution >= 4 is 27.5 Å². The van der Waals surface area contributed by atoms with Crippen molar-refractivity contribution < 1.29 is 18.0 Å². The van der Waals surface area contributed by atoms with Crippen LogP contribution in [-0.4, -0.2) is 30.1 Å². The molecule has 0 heterocycles. The van der Waals surface area contributed by atoms with Crippen LogP contribution in [0.4, 0.5) is 18.9 Å². The van der Waals surface area contributed by atoms with Gasteiger partial charge >= 0.3 is 6.18 Å². The van der Waals surface area contributed by atoms with Crippen LogP contribution in [0.15, 0.2) is 22.7 Å². The van der Waals surface area contributed by atoms with Gasteiger partial charge in [0.2, 0.25) is 0 Å². The molecule has 1 amide bonds. The first kappa shape index (κ1) is 14.8. The molecule has 0 aliphatic rings. The van der Waals surface area contributed by atoms with E-state index < -0.39 is 18.6 Å². The Hall–Kier alpha value is -1.24. The third kappa shape index (κ3) is 3.90. The topological polar surface area (TPSA) is 46.3 Å². The SMILES string of the molecule is CCN(CC(F)(F)F)C(=O)c1cc(N)ccc1Br. The van der Waals surface area contributed by atoms with Gasteiger partial charge in [-0.15, -0.1) is 0 Å². The predicted octanol–water partition coefficient (Wildman–Crippen LogP) is 3.06. The molecule has 1 rings (SSSR count). The summed E-state index contributed by atoms with van der Waals surface area (Å²) in [5.74, 6) is -0.700. The fourth-order valence-corrected chi connectivity index (χ4v) is 1.84. The van der Waals surface area contributed by atoms with Crippen LogP contribution in [0, 0.1) is 0 Å². The molecular weight excluding hydrogens is 313 g/mol. The number of nitrogens with two attached hydrogens (primary N) is 1. The lowest BCUT2D eigenvalue weighted by Crippen LogP contribution is -2.38. The van der Waals surface area contributed by atoms with E-state index in [-0.39, 0.29) is 12.1 Å². The zero-order valence-electron chi connectivity index (χ0n) is 9.59. The summed E-state index contributed by atoms with van der Waals surface area (Å²) in [6, 6.07) is 4.44. The van der Waals surface area contributed by atoms with Crippen molar-refractivity contribution in [1.82, 2.24) is 4.90 Å². The molecule has 0 radical (unpaired) electrons. The standard InChI is InChI=1S/C11H12BrF3N2O/c1-2-17(6-11(13,14)15)10(18)8-5-7(16)3-4-9(8)12/h3-5H,2,6,16H2,1H3. The van der Waals surface area contributed by atoms with E-state index in [1.54, 1.807) is 6.07 Å². The second-order valence-electron chi connectivity index (χ2n) is 3.67. The highest BCUT2D eigenvalue weighted by atomic mass is 79.9. The van der Waals surface area contributed by atoms with Gasteiger partial charge in [0, 0.05) is 16.7 Å². The molecular formula is C11H12BrF3N2O. The number of rotatable bonds is 3. The summed E-state index contributed by atoms with van der Waals surface area (Å²) in [5.41, 5.74) is 5.97. The monoisotopic (exact) mass is 324 g/mol. The Morgan fingerprint density at radius 2 is 2.06 bits per heavy atom. The van der Waals surface area contributed by atoms with Gasteiger partial charge in [-0.05, 0) is 41.1 Å². The Bertz CT molecular complexity index is 448. The summed E-state index contributed by atoms with van der Waals surface area (Å²) in [4.78, 5) is 12.7. The molecule has 18 heavy (non-hydrogen) atoms. The van der Waals surface area contributed by atoms with Crippen molar-refractivity contribution in [3.8, 4) is 0 Å². The Kier molecular flexibility index (Phi) is 4.61. The number of hydrogen-bond donors (Lipinski definition) is 1. The Morgan fingerprint density at radius 1 is 1.44 bits per heavy atom. The molecule has 1 aromatic carbocycles. The summed E-state index contributed by atoms with van der Waals surface area (Å²) < 4.78 is 37.4. The molecule has 100 valence electrons. The minimum Gasteiger partial charge on any atom is -0.399 e. The Morgan fingerprint density at radius 3 is 2.56 bits per heavy atom. The molecule has 0 unspecified atom stereocenters. The average Bonchev–Trinajstić information content (AvgIpc) is 2.27. The van der Waals surface area contributed by atoms with E-state index in [2.05, 4.69) is 15.9 Å². The number of nitrogens with zero attached hydrogens (tertiary/aromatic N) is 1. The first-order chi connectivity index (χ1) is 8.24. The van der Waals surface area contributed by atoms with E-state index in [9.17, 15) is 18.0 Å². The third-order valence-electron chi connectivity index (χ3n) is 2.26. The molecule has 2 N–H and O–H groups in total. The lowest BCUT2D eigenvalue weighted by atomic mass is 10.1. The summed E-state index contributed by atoms with van der Waals surface area (Å²) in [7, 11) is 0. The van der Waals surface area contributed by atoms with Gasteiger partial charge in [0.15, 0.2) is 0 Å². The molecule has 0 fully saturated rings. The van der Waals surface area contributed by atoms with Crippen LogP contribution >= 0.6 is 15.9 Å². The molecule has 0 bridgehead atoms. The highest BCUT2D eigenvalue weighted by Crippen LogP contribution is 2.23. The second-order valence-corrected chi connectivity index (χ2v) is 4.53. The van der Waals surface area contributed by atoms with E-state index in [1.165, 1.54) is 19.1 Å². The third-order valence-corrected chi connectivity index (χ3v) is 2.95. The van der Waals surface area contributed by atoms with Gasteiger partial charge in [-0.2, -0.15) is 13.2 Å². The Balaban J connectivity index is 3.00. The smallest absolute Gasteiger partial charge is 0.399 e. The van der Waals surface area contributed by atoms with E-state index in [4.69, 9.17) is 5.73 Å². The minimum absolute atomic E-state index is 0.0282. The highest BCUT2D eigenvalue weighted by molar-refractivity contribution is 9.10. The fourth-order valence-electron chi connectivity index (χ4n) is 1.42. The molecule has 0 aliphatic heterocycles. The molecule has 7 heteroatoms. The van der Waals surface area contributed by atoms with Gasteiger partial charge in [0.05, 0.1) is 5.56 Å². The molecule has 3 nitrogen and oxygen atoms in total. The lowest BCUT2D eigenvalue weighted by Gasteiger charge is -2.23. The van der Waals surface area contributed by atoms with Gasteiger partial charge in [0.25, 0.3) is 5.91 Å². The highest BCUT2D eigenvalue weighted by Gasteiger charge is 2.33. The number of hydrogen-bond acceptors (Lipinski definition) is 2. The molecule has 0 saturated heterocycles. The van der Waals surface area contributed by atoms with Gasteiger partial charge < -0.3 is 10.6 Å². The van der Waals surface area contributed by atoms with Crippen molar-refractivity contribution in [3.63, 3.8) is 0 Å². The molecule has 0 saturated carbocycles. The number of alkyl halides is 3. The first-order valence-electron chi connectivity index (χ1n) is 5.15. The zero-order chi connectivity index (χ0) is 13.9. The number of nitrogen functional groups attached to an aromatic ring is 1. The summed E-state index contributed by atoms with van der Waals surface area (Å²) in [6.45, 7) is 0.187. The molecule has 0 atom stereocenters. The van der Waals surface area contributed by atoms with Crippen molar-refractivity contribution in [2.24, 2.45) is 0 Å². The predicted molar refractivity (Wildman–Crippen MR) is 66.2 cm³/mol. The fraction of sp³-hybridized carbons (Fsp3) is 0.364. The van der Waals surface area contributed by atoms with Crippen LogP contribution in [0.3, 0.4) is 0 Å². The van der Waals surface area contributed by atoms with Crippen LogP contribution in [0.5, 0.6) is 0 Å². The maximum atomic E-state index is 12.3. The second kappa shape index (κ2) is 5.60. The van der Waals surface area contributed by atoms with Crippen molar-refractivity contribution in [2.75, 3.05) is 18.8 Å². The molecule has 0 aromatic heterocycles. The summed E-state index contributed by atoms with van der Waals surface area (Å²) in [6.07, 6.45) is -4.42.